The number of rotatable bonds is 0. The lowest BCUT2D eigenvalue weighted by Crippen LogP contribution is -2.23. The van der Waals surface area contributed by atoms with Crippen LogP contribution in [0.5, 0.6) is 0 Å². The summed E-state index contributed by atoms with van der Waals surface area (Å²) in [6.07, 6.45) is 15.5. The second-order valence-electron chi connectivity index (χ2n) is 5.53. The van der Waals surface area contributed by atoms with Crippen LogP contribution in [-0.2, 0) is 0 Å². The Morgan fingerprint density at radius 3 is 1.20 bits per heavy atom. The minimum absolute atomic E-state index is 0.381. The van der Waals surface area contributed by atoms with Crippen LogP contribution in [0.3, 0.4) is 0 Å². The van der Waals surface area contributed by atoms with Gasteiger partial charge in [-0.3, -0.25) is 0 Å². The number of hydrogen-bond donors (Lipinski definition) is 1. The lowest BCUT2D eigenvalue weighted by molar-refractivity contribution is 0.0367. The quantitative estimate of drug-likeness (QED) is 0.629. The topological polar surface area (TPSA) is 20.2 Å². The molecule has 0 bridgehead atoms. The van der Waals surface area contributed by atoms with Crippen molar-refractivity contribution in [3.05, 3.63) is 0 Å². The lowest BCUT2D eigenvalue weighted by atomic mass is 9.92. The van der Waals surface area contributed by atoms with Gasteiger partial charge in [0.05, 0.1) is 5.60 Å². The smallest absolute Gasteiger partial charge is 0.0619 e. The summed E-state index contributed by atoms with van der Waals surface area (Å²) in [5.74, 6) is 0. The fourth-order valence-electron chi connectivity index (χ4n) is 2.55. The van der Waals surface area contributed by atoms with Gasteiger partial charge in [-0.2, -0.15) is 0 Å². The van der Waals surface area contributed by atoms with E-state index in [2.05, 4.69) is 0 Å². The predicted octanol–water partition coefficient (Wildman–Crippen LogP) is 4.43. The minimum Gasteiger partial charge on any atom is -0.390 e. The highest BCUT2D eigenvalue weighted by molar-refractivity contribution is 4.72. The molecule has 1 aliphatic carbocycles. The number of hydrogen-bond acceptors (Lipinski definition) is 1. The van der Waals surface area contributed by atoms with Crippen LogP contribution in [0.15, 0.2) is 0 Å². The van der Waals surface area contributed by atoms with E-state index >= 15 is 0 Å². The fourth-order valence-corrected chi connectivity index (χ4v) is 2.55. The molecule has 15 heavy (non-hydrogen) atoms. The van der Waals surface area contributed by atoms with Gasteiger partial charge in [0.15, 0.2) is 0 Å². The Balaban J connectivity index is 2.24. The molecule has 0 spiro atoms. The molecular weight excluding hydrogens is 184 g/mol. The Bertz CT molecular complexity index is 135. The average Bonchev–Trinajstić information content (AvgIpc) is 2.20. The Morgan fingerprint density at radius 1 is 0.600 bits per heavy atom. The van der Waals surface area contributed by atoms with E-state index in [1.54, 1.807) is 0 Å². The molecular formula is C14H28O. The van der Waals surface area contributed by atoms with Crippen LogP contribution in [-0.4, -0.2) is 10.7 Å². The summed E-state index contributed by atoms with van der Waals surface area (Å²) in [5, 5.41) is 10.1. The summed E-state index contributed by atoms with van der Waals surface area (Å²) in [4.78, 5) is 0. The molecule has 1 rings (SSSR count). The first-order valence-electron chi connectivity index (χ1n) is 6.93. The van der Waals surface area contributed by atoms with E-state index in [1.807, 2.05) is 6.92 Å². The van der Waals surface area contributed by atoms with Crippen LogP contribution in [0, 0.1) is 0 Å². The first-order chi connectivity index (χ1) is 7.21. The Morgan fingerprint density at radius 2 is 0.867 bits per heavy atom. The van der Waals surface area contributed by atoms with E-state index in [-0.39, 0.29) is 5.60 Å². The van der Waals surface area contributed by atoms with Crippen molar-refractivity contribution in [2.24, 2.45) is 0 Å². The van der Waals surface area contributed by atoms with Crippen LogP contribution in [0.1, 0.15) is 84.0 Å². The largest absolute Gasteiger partial charge is 0.390 e. The first-order valence-corrected chi connectivity index (χ1v) is 6.93. The molecule has 1 N–H and O–H groups in total. The molecule has 0 heterocycles. The zero-order chi connectivity index (χ0) is 11.0. The van der Waals surface area contributed by atoms with Gasteiger partial charge < -0.3 is 5.11 Å². The molecule has 1 heteroatoms. The van der Waals surface area contributed by atoms with Crippen molar-refractivity contribution >= 4 is 0 Å². The first kappa shape index (κ1) is 13.0. The van der Waals surface area contributed by atoms with Crippen molar-refractivity contribution in [3.8, 4) is 0 Å². The van der Waals surface area contributed by atoms with E-state index in [4.69, 9.17) is 0 Å². The maximum Gasteiger partial charge on any atom is 0.0619 e. The SMILES string of the molecule is CC1(O)CCCCCCCCCCCC1. The summed E-state index contributed by atoms with van der Waals surface area (Å²) >= 11 is 0. The van der Waals surface area contributed by atoms with Crippen molar-refractivity contribution in [1.82, 2.24) is 0 Å². The normalized spacial score (nSPS) is 26.0. The molecule has 0 saturated heterocycles. The van der Waals surface area contributed by atoms with Crippen LogP contribution < -0.4 is 0 Å². The molecule has 1 nitrogen and oxygen atoms in total. The van der Waals surface area contributed by atoms with E-state index in [1.165, 1.54) is 64.2 Å². The van der Waals surface area contributed by atoms with Crippen LogP contribution in [0.25, 0.3) is 0 Å². The highest BCUT2D eigenvalue weighted by atomic mass is 16.3. The summed E-state index contributed by atoms with van der Waals surface area (Å²) in [7, 11) is 0. The highest BCUT2D eigenvalue weighted by Gasteiger charge is 2.18. The van der Waals surface area contributed by atoms with Crippen molar-refractivity contribution in [3.63, 3.8) is 0 Å². The molecule has 1 fully saturated rings. The third-order valence-electron chi connectivity index (χ3n) is 3.68. The van der Waals surface area contributed by atoms with Crippen LogP contribution in [0.4, 0.5) is 0 Å². The molecule has 0 amide bonds. The molecule has 0 aromatic rings. The van der Waals surface area contributed by atoms with Crippen LogP contribution >= 0.6 is 0 Å². The molecule has 0 radical (unpaired) electrons. The maximum atomic E-state index is 10.1. The van der Waals surface area contributed by atoms with Crippen LogP contribution in [0.2, 0.25) is 0 Å². The van der Waals surface area contributed by atoms with Gasteiger partial charge in [0.25, 0.3) is 0 Å². The summed E-state index contributed by atoms with van der Waals surface area (Å²) < 4.78 is 0. The fraction of sp³-hybridized carbons (Fsp3) is 1.00. The molecule has 0 aromatic carbocycles. The molecule has 1 aliphatic rings. The van der Waals surface area contributed by atoms with Gasteiger partial charge in [-0.1, -0.05) is 64.2 Å². The van der Waals surface area contributed by atoms with Crippen molar-refractivity contribution in [2.45, 2.75) is 89.6 Å². The van der Waals surface area contributed by atoms with E-state index in [0.717, 1.165) is 12.8 Å². The van der Waals surface area contributed by atoms with E-state index in [9.17, 15) is 5.11 Å². The van der Waals surface area contributed by atoms with Gasteiger partial charge in [-0.05, 0) is 19.8 Å². The number of aliphatic hydroxyl groups is 1. The lowest BCUT2D eigenvalue weighted by Gasteiger charge is -2.23. The average molecular weight is 212 g/mol. The van der Waals surface area contributed by atoms with Crippen molar-refractivity contribution in [2.75, 3.05) is 0 Å². The zero-order valence-corrected chi connectivity index (χ0v) is 10.4. The summed E-state index contributed by atoms with van der Waals surface area (Å²) in [6, 6.07) is 0. The Hall–Kier alpha value is -0.0400. The van der Waals surface area contributed by atoms with Gasteiger partial charge in [0.2, 0.25) is 0 Å². The Kier molecular flexibility index (Phi) is 6.31. The molecule has 0 unspecified atom stereocenters. The van der Waals surface area contributed by atoms with Gasteiger partial charge >= 0.3 is 0 Å². The molecule has 0 aliphatic heterocycles. The van der Waals surface area contributed by atoms with Gasteiger partial charge in [0.1, 0.15) is 0 Å². The second-order valence-corrected chi connectivity index (χ2v) is 5.53. The third kappa shape index (κ3) is 6.94. The van der Waals surface area contributed by atoms with Gasteiger partial charge in [-0.25, -0.2) is 0 Å². The highest BCUT2D eigenvalue weighted by Crippen LogP contribution is 2.23. The third-order valence-corrected chi connectivity index (χ3v) is 3.68. The second kappa shape index (κ2) is 7.27. The monoisotopic (exact) mass is 212 g/mol. The van der Waals surface area contributed by atoms with Gasteiger partial charge in [0, 0.05) is 0 Å². The molecule has 0 atom stereocenters. The summed E-state index contributed by atoms with van der Waals surface area (Å²) in [6.45, 7) is 2.02. The Labute approximate surface area is 95.3 Å². The minimum atomic E-state index is -0.381. The molecule has 90 valence electrons. The zero-order valence-electron chi connectivity index (χ0n) is 10.4. The maximum absolute atomic E-state index is 10.1. The molecule has 1 saturated carbocycles. The van der Waals surface area contributed by atoms with E-state index < -0.39 is 0 Å². The molecule has 0 aromatic heterocycles. The van der Waals surface area contributed by atoms with Crippen molar-refractivity contribution < 1.29 is 5.11 Å². The summed E-state index contributed by atoms with van der Waals surface area (Å²) in [5.41, 5.74) is -0.381. The standard InChI is InChI=1S/C14H28O/c1-14(15)12-10-8-6-4-2-3-5-7-9-11-13-14/h15H,2-13H2,1H3. The van der Waals surface area contributed by atoms with Crippen molar-refractivity contribution in [1.29, 1.82) is 0 Å². The van der Waals surface area contributed by atoms with E-state index in [0.29, 0.717) is 0 Å². The predicted molar refractivity (Wildman–Crippen MR) is 66.0 cm³/mol. The van der Waals surface area contributed by atoms with Gasteiger partial charge in [-0.15, -0.1) is 0 Å².